The van der Waals surface area contributed by atoms with E-state index in [2.05, 4.69) is 15.5 Å². The number of carbonyl (C=O) groups excluding carboxylic acids is 1. The SMILES string of the molecule is Cc1ccccc1-n1cnnc1SCC(=O)Nc1ccc(S(=O)(=O)N(C)C2CCCCC2)cc1. The summed E-state index contributed by atoms with van der Waals surface area (Å²) in [5.74, 6) is -0.0612. The summed E-state index contributed by atoms with van der Waals surface area (Å²) < 4.78 is 29.3. The number of amides is 1. The van der Waals surface area contributed by atoms with E-state index in [-0.39, 0.29) is 22.6 Å². The predicted molar refractivity (Wildman–Crippen MR) is 134 cm³/mol. The van der Waals surface area contributed by atoms with Crippen molar-refractivity contribution < 1.29 is 13.2 Å². The Labute approximate surface area is 204 Å². The first-order valence-corrected chi connectivity index (χ1v) is 13.8. The normalized spacial score (nSPS) is 14.9. The van der Waals surface area contributed by atoms with Crippen LogP contribution in [0.5, 0.6) is 0 Å². The van der Waals surface area contributed by atoms with Crippen molar-refractivity contribution in [3.63, 3.8) is 0 Å². The fourth-order valence-corrected chi connectivity index (χ4v) is 6.30. The lowest BCUT2D eigenvalue weighted by molar-refractivity contribution is -0.113. The van der Waals surface area contributed by atoms with E-state index in [0.29, 0.717) is 10.8 Å². The van der Waals surface area contributed by atoms with Crippen LogP contribution in [0.3, 0.4) is 0 Å². The molecule has 1 amide bonds. The number of thioether (sulfide) groups is 1. The molecule has 1 aliphatic rings. The molecule has 0 saturated heterocycles. The summed E-state index contributed by atoms with van der Waals surface area (Å²) in [7, 11) is -1.90. The highest BCUT2D eigenvalue weighted by Gasteiger charge is 2.29. The summed E-state index contributed by atoms with van der Waals surface area (Å²) in [4.78, 5) is 12.7. The highest BCUT2D eigenvalue weighted by molar-refractivity contribution is 7.99. The summed E-state index contributed by atoms with van der Waals surface area (Å²) in [6.45, 7) is 2.01. The molecule has 10 heteroatoms. The van der Waals surface area contributed by atoms with Crippen molar-refractivity contribution >= 4 is 33.4 Å². The summed E-state index contributed by atoms with van der Waals surface area (Å²) in [5.41, 5.74) is 2.59. The van der Waals surface area contributed by atoms with Crippen LogP contribution in [-0.2, 0) is 14.8 Å². The van der Waals surface area contributed by atoms with Crippen LogP contribution < -0.4 is 5.32 Å². The molecule has 180 valence electrons. The fourth-order valence-electron chi connectivity index (χ4n) is 4.17. The van der Waals surface area contributed by atoms with Gasteiger partial charge in [-0.2, -0.15) is 4.31 Å². The van der Waals surface area contributed by atoms with Crippen LogP contribution >= 0.6 is 11.8 Å². The second-order valence-electron chi connectivity index (χ2n) is 8.44. The van der Waals surface area contributed by atoms with Gasteiger partial charge in [-0.05, 0) is 55.7 Å². The molecule has 0 atom stereocenters. The van der Waals surface area contributed by atoms with Gasteiger partial charge in [-0.3, -0.25) is 9.36 Å². The molecule has 8 nitrogen and oxygen atoms in total. The van der Waals surface area contributed by atoms with Gasteiger partial charge in [-0.15, -0.1) is 10.2 Å². The van der Waals surface area contributed by atoms with Gasteiger partial charge < -0.3 is 5.32 Å². The molecule has 1 aromatic heterocycles. The molecule has 0 aliphatic heterocycles. The van der Waals surface area contributed by atoms with Gasteiger partial charge in [0, 0.05) is 18.8 Å². The van der Waals surface area contributed by atoms with Crippen LogP contribution in [0.4, 0.5) is 5.69 Å². The van der Waals surface area contributed by atoms with E-state index in [0.717, 1.165) is 36.9 Å². The lowest BCUT2D eigenvalue weighted by Gasteiger charge is -2.30. The van der Waals surface area contributed by atoms with Crippen molar-refractivity contribution in [2.75, 3.05) is 18.1 Å². The Morgan fingerprint density at radius 3 is 2.53 bits per heavy atom. The van der Waals surface area contributed by atoms with Gasteiger partial charge in [0.05, 0.1) is 16.3 Å². The fraction of sp³-hybridized carbons (Fsp3) is 0.375. The molecule has 34 heavy (non-hydrogen) atoms. The molecule has 1 N–H and O–H groups in total. The highest BCUT2D eigenvalue weighted by atomic mass is 32.2. The van der Waals surface area contributed by atoms with E-state index < -0.39 is 10.0 Å². The Morgan fingerprint density at radius 2 is 1.82 bits per heavy atom. The number of benzene rings is 2. The number of rotatable bonds is 8. The molecule has 2 aromatic carbocycles. The van der Waals surface area contributed by atoms with Crippen LogP contribution in [0.15, 0.2) is 64.9 Å². The van der Waals surface area contributed by atoms with Gasteiger partial charge in [0.2, 0.25) is 15.9 Å². The summed E-state index contributed by atoms with van der Waals surface area (Å²) in [5, 5.41) is 11.6. The Morgan fingerprint density at radius 1 is 1.12 bits per heavy atom. The van der Waals surface area contributed by atoms with Crippen LogP contribution in [0.2, 0.25) is 0 Å². The van der Waals surface area contributed by atoms with Gasteiger partial charge in [-0.1, -0.05) is 49.2 Å². The van der Waals surface area contributed by atoms with E-state index in [1.54, 1.807) is 37.6 Å². The van der Waals surface area contributed by atoms with Crippen molar-refractivity contribution in [2.45, 2.75) is 55.1 Å². The van der Waals surface area contributed by atoms with Crippen LogP contribution in [0.25, 0.3) is 5.69 Å². The average molecular weight is 500 g/mol. The first-order valence-electron chi connectivity index (χ1n) is 11.3. The summed E-state index contributed by atoms with van der Waals surface area (Å²) in [6.07, 6.45) is 6.73. The molecule has 0 bridgehead atoms. The van der Waals surface area contributed by atoms with Gasteiger partial charge >= 0.3 is 0 Å². The number of sulfonamides is 1. The van der Waals surface area contributed by atoms with E-state index in [1.807, 2.05) is 35.8 Å². The maximum atomic E-state index is 13.0. The first-order chi connectivity index (χ1) is 16.4. The lowest BCUT2D eigenvalue weighted by atomic mass is 9.96. The Hall–Kier alpha value is -2.69. The average Bonchev–Trinajstić information content (AvgIpc) is 3.32. The molecule has 3 aromatic rings. The summed E-state index contributed by atoms with van der Waals surface area (Å²) >= 11 is 1.29. The number of nitrogens with one attached hydrogen (secondary N) is 1. The lowest BCUT2D eigenvalue weighted by Crippen LogP contribution is -2.38. The van der Waals surface area contributed by atoms with Crippen molar-refractivity contribution in [1.29, 1.82) is 0 Å². The largest absolute Gasteiger partial charge is 0.325 e. The molecule has 0 radical (unpaired) electrons. The molecular formula is C24H29N5O3S2. The molecule has 1 aliphatic carbocycles. The number of hydrogen-bond acceptors (Lipinski definition) is 6. The minimum atomic E-state index is -3.56. The van der Waals surface area contributed by atoms with Crippen molar-refractivity contribution in [2.24, 2.45) is 0 Å². The zero-order valence-electron chi connectivity index (χ0n) is 19.3. The van der Waals surface area contributed by atoms with Crippen LogP contribution in [-0.4, -0.2) is 52.2 Å². The quantitative estimate of drug-likeness (QED) is 0.465. The number of anilines is 1. The minimum absolute atomic E-state index is 0.0527. The van der Waals surface area contributed by atoms with Gasteiger partial charge in [0.25, 0.3) is 0 Å². The highest BCUT2D eigenvalue weighted by Crippen LogP contribution is 2.27. The Kier molecular flexibility index (Phi) is 7.70. The molecule has 1 saturated carbocycles. The number of aromatic nitrogens is 3. The first kappa shape index (κ1) is 24.4. The second kappa shape index (κ2) is 10.7. The predicted octanol–water partition coefficient (Wildman–Crippen LogP) is 4.26. The number of nitrogens with zero attached hydrogens (tertiary/aromatic N) is 4. The topological polar surface area (TPSA) is 97.2 Å². The third kappa shape index (κ3) is 5.51. The maximum absolute atomic E-state index is 13.0. The van der Waals surface area contributed by atoms with Crippen LogP contribution in [0, 0.1) is 6.92 Å². The smallest absolute Gasteiger partial charge is 0.243 e. The standard InChI is InChI=1S/C24H29N5O3S2/c1-18-8-6-7-11-22(18)29-17-25-27-24(29)33-16-23(30)26-19-12-14-21(15-13-19)34(31,32)28(2)20-9-4-3-5-10-20/h6-8,11-15,17,20H,3-5,9-10,16H2,1-2H3,(H,26,30). The third-order valence-corrected chi connectivity index (χ3v) is 9.00. The molecule has 1 fully saturated rings. The zero-order valence-corrected chi connectivity index (χ0v) is 21.0. The number of hydrogen-bond donors (Lipinski definition) is 1. The Balaban J connectivity index is 1.36. The molecule has 4 rings (SSSR count). The van der Waals surface area contributed by atoms with Crippen molar-refractivity contribution in [3.8, 4) is 5.69 Å². The van der Waals surface area contributed by atoms with Gasteiger partial charge in [0.1, 0.15) is 6.33 Å². The van der Waals surface area contributed by atoms with Gasteiger partial charge in [0.15, 0.2) is 5.16 Å². The Bertz CT molecular complexity index is 1240. The molecule has 1 heterocycles. The van der Waals surface area contributed by atoms with Gasteiger partial charge in [-0.25, -0.2) is 8.42 Å². The molecule has 0 spiro atoms. The second-order valence-corrected chi connectivity index (χ2v) is 11.4. The molecule has 0 unspecified atom stereocenters. The monoisotopic (exact) mass is 499 g/mol. The minimum Gasteiger partial charge on any atom is -0.325 e. The molecular weight excluding hydrogens is 470 g/mol. The van der Waals surface area contributed by atoms with E-state index in [9.17, 15) is 13.2 Å². The van der Waals surface area contributed by atoms with E-state index >= 15 is 0 Å². The summed E-state index contributed by atoms with van der Waals surface area (Å²) in [6, 6.07) is 14.3. The van der Waals surface area contributed by atoms with Crippen molar-refractivity contribution in [3.05, 3.63) is 60.4 Å². The maximum Gasteiger partial charge on any atom is 0.243 e. The zero-order chi connectivity index (χ0) is 24.1. The van der Waals surface area contributed by atoms with Crippen LogP contribution in [0.1, 0.15) is 37.7 Å². The number of carbonyl (C=O) groups is 1. The van der Waals surface area contributed by atoms with E-state index in [4.69, 9.17) is 0 Å². The van der Waals surface area contributed by atoms with E-state index in [1.165, 1.54) is 22.5 Å². The number of para-hydroxylation sites is 1. The number of aryl methyl sites for hydroxylation is 1. The van der Waals surface area contributed by atoms with Crippen molar-refractivity contribution in [1.82, 2.24) is 19.1 Å². The third-order valence-electron chi connectivity index (χ3n) is 6.13.